The summed E-state index contributed by atoms with van der Waals surface area (Å²) >= 11 is 0. The molecule has 0 saturated carbocycles. The van der Waals surface area contributed by atoms with E-state index in [4.69, 9.17) is 0 Å². The van der Waals surface area contributed by atoms with E-state index in [9.17, 15) is 13.2 Å². The van der Waals surface area contributed by atoms with Crippen molar-refractivity contribution in [2.45, 2.75) is 70.2 Å². The van der Waals surface area contributed by atoms with Crippen LogP contribution >= 0.6 is 0 Å². The van der Waals surface area contributed by atoms with Gasteiger partial charge in [-0.1, -0.05) is 32.4 Å². The highest BCUT2D eigenvalue weighted by Gasteiger charge is 2.26. The largest absolute Gasteiger partial charge is 0.352 e. The molecule has 31 heavy (non-hydrogen) atoms. The first kappa shape index (κ1) is 24.2. The lowest BCUT2D eigenvalue weighted by Crippen LogP contribution is -2.47. The van der Waals surface area contributed by atoms with E-state index >= 15 is 0 Å². The van der Waals surface area contributed by atoms with Crippen molar-refractivity contribution in [1.82, 2.24) is 14.5 Å². The number of rotatable bonds is 8. The second-order valence-electron chi connectivity index (χ2n) is 9.74. The molecular formula is C24H39N3O3S. The third-order valence-electron chi connectivity index (χ3n) is 6.40. The molecule has 7 heteroatoms. The number of nitrogens with zero attached hydrogens (tertiary/aromatic N) is 2. The van der Waals surface area contributed by atoms with Crippen LogP contribution in [0.25, 0.3) is 0 Å². The molecule has 2 heterocycles. The van der Waals surface area contributed by atoms with Crippen LogP contribution in [-0.4, -0.2) is 62.3 Å². The van der Waals surface area contributed by atoms with Crippen LogP contribution in [0, 0.1) is 11.8 Å². The van der Waals surface area contributed by atoms with Gasteiger partial charge >= 0.3 is 0 Å². The van der Waals surface area contributed by atoms with Gasteiger partial charge in [-0.25, -0.2) is 8.42 Å². The van der Waals surface area contributed by atoms with Crippen LogP contribution in [0.4, 0.5) is 0 Å². The molecule has 0 radical (unpaired) electrons. The summed E-state index contributed by atoms with van der Waals surface area (Å²) in [6, 6.07) is 7.16. The zero-order valence-corrected chi connectivity index (χ0v) is 20.2. The maximum atomic E-state index is 12.7. The van der Waals surface area contributed by atoms with Gasteiger partial charge in [-0.15, -0.1) is 0 Å². The van der Waals surface area contributed by atoms with Crippen LogP contribution < -0.4 is 5.32 Å². The average Bonchev–Trinajstić information content (AvgIpc) is 2.72. The Kier molecular flexibility index (Phi) is 8.53. The molecule has 1 aromatic carbocycles. The highest BCUT2D eigenvalue weighted by Crippen LogP contribution is 2.22. The van der Waals surface area contributed by atoms with E-state index in [1.54, 1.807) is 16.4 Å². The van der Waals surface area contributed by atoms with Crippen molar-refractivity contribution in [2.75, 3.05) is 32.7 Å². The lowest BCUT2D eigenvalue weighted by Gasteiger charge is -2.36. The second-order valence-corrected chi connectivity index (χ2v) is 11.7. The van der Waals surface area contributed by atoms with Gasteiger partial charge in [0.05, 0.1) is 4.90 Å². The molecule has 1 amide bonds. The molecule has 2 saturated heterocycles. The first-order valence-corrected chi connectivity index (χ1v) is 13.3. The van der Waals surface area contributed by atoms with Crippen LogP contribution in [0.2, 0.25) is 0 Å². The Hall–Kier alpha value is -1.44. The highest BCUT2D eigenvalue weighted by molar-refractivity contribution is 7.89. The number of sulfonamides is 1. The minimum absolute atomic E-state index is 0.0515. The van der Waals surface area contributed by atoms with Crippen LogP contribution in [0.15, 0.2) is 29.2 Å². The number of hydrogen-bond acceptors (Lipinski definition) is 4. The summed E-state index contributed by atoms with van der Waals surface area (Å²) in [5, 5.41) is 3.12. The molecule has 3 atom stereocenters. The van der Waals surface area contributed by atoms with Gasteiger partial charge in [-0.3, -0.25) is 4.79 Å². The van der Waals surface area contributed by atoms with Gasteiger partial charge in [0.15, 0.2) is 0 Å². The molecule has 3 unspecified atom stereocenters. The van der Waals surface area contributed by atoms with E-state index < -0.39 is 10.0 Å². The number of aryl methyl sites for hydroxylation is 1. The number of amides is 1. The first-order chi connectivity index (χ1) is 14.7. The Labute approximate surface area is 188 Å². The van der Waals surface area contributed by atoms with E-state index in [1.807, 2.05) is 12.1 Å². The molecule has 0 aromatic heterocycles. The Balaban J connectivity index is 1.44. The molecule has 1 aromatic rings. The standard InChI is InChI=1S/C24H39N3O3S/c1-19-15-20(2)17-26(16-19)18-21(3)25-24(28)12-9-22-7-10-23(11-8-22)31(29,30)27-13-5-4-6-14-27/h7-8,10-11,19-21H,4-6,9,12-18H2,1-3H3,(H,25,28). The van der Waals surface area contributed by atoms with Gasteiger partial charge < -0.3 is 10.2 Å². The summed E-state index contributed by atoms with van der Waals surface area (Å²) in [7, 11) is -3.40. The highest BCUT2D eigenvalue weighted by atomic mass is 32.2. The molecule has 2 fully saturated rings. The lowest BCUT2D eigenvalue weighted by molar-refractivity contribution is -0.121. The zero-order valence-electron chi connectivity index (χ0n) is 19.3. The van der Waals surface area contributed by atoms with Crippen LogP contribution in [-0.2, 0) is 21.2 Å². The van der Waals surface area contributed by atoms with Crippen molar-refractivity contribution in [3.05, 3.63) is 29.8 Å². The summed E-state index contributed by atoms with van der Waals surface area (Å²) in [5.74, 6) is 1.48. The minimum atomic E-state index is -3.40. The lowest BCUT2D eigenvalue weighted by atomic mass is 9.92. The predicted molar refractivity (Wildman–Crippen MR) is 124 cm³/mol. The first-order valence-electron chi connectivity index (χ1n) is 11.8. The van der Waals surface area contributed by atoms with E-state index in [0.717, 1.165) is 44.5 Å². The molecule has 0 spiro atoms. The van der Waals surface area contributed by atoms with Crippen molar-refractivity contribution in [2.24, 2.45) is 11.8 Å². The molecule has 0 bridgehead atoms. The Morgan fingerprint density at radius 2 is 1.68 bits per heavy atom. The van der Waals surface area contributed by atoms with Gasteiger partial charge in [-0.2, -0.15) is 4.31 Å². The number of carbonyl (C=O) groups is 1. The van der Waals surface area contributed by atoms with E-state index in [-0.39, 0.29) is 11.9 Å². The fourth-order valence-corrected chi connectivity index (χ4v) is 6.58. The molecular weight excluding hydrogens is 410 g/mol. The molecule has 0 aliphatic carbocycles. The molecule has 3 rings (SSSR count). The number of piperidine rings is 2. The smallest absolute Gasteiger partial charge is 0.243 e. The van der Waals surface area contributed by atoms with Gasteiger partial charge in [-0.05, 0) is 62.1 Å². The molecule has 2 aliphatic rings. The maximum absolute atomic E-state index is 12.7. The summed E-state index contributed by atoms with van der Waals surface area (Å²) in [6.45, 7) is 11.0. The number of likely N-dealkylation sites (tertiary alicyclic amines) is 1. The number of carbonyl (C=O) groups excluding carboxylic acids is 1. The third kappa shape index (κ3) is 7.02. The van der Waals surface area contributed by atoms with Crippen LogP contribution in [0.3, 0.4) is 0 Å². The van der Waals surface area contributed by atoms with Gasteiger partial charge in [0, 0.05) is 45.2 Å². The number of benzene rings is 1. The number of hydrogen-bond donors (Lipinski definition) is 1. The van der Waals surface area contributed by atoms with Crippen LogP contribution in [0.5, 0.6) is 0 Å². The Morgan fingerprint density at radius 1 is 1.06 bits per heavy atom. The van der Waals surface area contributed by atoms with Crippen molar-refractivity contribution < 1.29 is 13.2 Å². The predicted octanol–water partition coefficient (Wildman–Crippen LogP) is 3.28. The van der Waals surface area contributed by atoms with Crippen molar-refractivity contribution in [3.63, 3.8) is 0 Å². The summed E-state index contributed by atoms with van der Waals surface area (Å²) in [6.07, 6.45) is 5.27. The van der Waals surface area contributed by atoms with Crippen molar-refractivity contribution in [3.8, 4) is 0 Å². The molecule has 1 N–H and O–H groups in total. The maximum Gasteiger partial charge on any atom is 0.243 e. The van der Waals surface area contributed by atoms with Gasteiger partial charge in [0.25, 0.3) is 0 Å². The quantitative estimate of drug-likeness (QED) is 0.661. The molecule has 6 nitrogen and oxygen atoms in total. The van der Waals surface area contributed by atoms with Gasteiger partial charge in [0.1, 0.15) is 0 Å². The van der Waals surface area contributed by atoms with Crippen LogP contribution in [0.1, 0.15) is 58.4 Å². The number of nitrogens with one attached hydrogen (secondary N) is 1. The van der Waals surface area contributed by atoms with Gasteiger partial charge in [0.2, 0.25) is 15.9 Å². The average molecular weight is 450 g/mol. The summed E-state index contributed by atoms with van der Waals surface area (Å²) in [4.78, 5) is 15.2. The molecule has 174 valence electrons. The third-order valence-corrected chi connectivity index (χ3v) is 8.31. The molecule has 2 aliphatic heterocycles. The summed E-state index contributed by atoms with van der Waals surface area (Å²) < 4.78 is 27.1. The van der Waals surface area contributed by atoms with E-state index in [0.29, 0.717) is 42.7 Å². The normalized spacial score (nSPS) is 24.6. The van der Waals surface area contributed by atoms with Crippen molar-refractivity contribution in [1.29, 1.82) is 0 Å². The second kappa shape index (κ2) is 10.9. The summed E-state index contributed by atoms with van der Waals surface area (Å²) in [5.41, 5.74) is 0.985. The fourth-order valence-electron chi connectivity index (χ4n) is 5.06. The fraction of sp³-hybridized carbons (Fsp3) is 0.708. The topological polar surface area (TPSA) is 69.7 Å². The van der Waals surface area contributed by atoms with E-state index in [2.05, 4.69) is 31.0 Å². The zero-order chi connectivity index (χ0) is 22.4. The monoisotopic (exact) mass is 449 g/mol. The Morgan fingerprint density at radius 3 is 2.29 bits per heavy atom. The minimum Gasteiger partial charge on any atom is -0.352 e. The van der Waals surface area contributed by atoms with Crippen molar-refractivity contribution >= 4 is 15.9 Å². The van der Waals surface area contributed by atoms with E-state index in [1.165, 1.54) is 6.42 Å². The Bertz CT molecular complexity index is 809. The SMILES string of the molecule is CC1CC(C)CN(CC(C)NC(=O)CCc2ccc(S(=O)(=O)N3CCCCC3)cc2)C1.